The predicted molar refractivity (Wildman–Crippen MR) is 144 cm³/mol. The minimum Gasteiger partial charge on any atom is -0.497 e. The van der Waals surface area contributed by atoms with Crippen LogP contribution in [0.3, 0.4) is 0 Å². The van der Waals surface area contributed by atoms with E-state index in [1.165, 1.54) is 0 Å². The number of nitrogens with one attached hydrogen (secondary N) is 1. The Morgan fingerprint density at radius 2 is 1.89 bits per heavy atom. The molecule has 5 rings (SSSR count). The van der Waals surface area contributed by atoms with Crippen LogP contribution in [0.1, 0.15) is 28.5 Å². The third-order valence-electron chi connectivity index (χ3n) is 6.67. The molecule has 0 aliphatic carbocycles. The van der Waals surface area contributed by atoms with Crippen molar-refractivity contribution in [3.05, 3.63) is 82.9 Å². The van der Waals surface area contributed by atoms with Gasteiger partial charge < -0.3 is 24.4 Å². The molecule has 1 saturated heterocycles. The van der Waals surface area contributed by atoms with Crippen molar-refractivity contribution in [2.75, 3.05) is 32.1 Å². The molecule has 1 aliphatic heterocycles. The highest BCUT2D eigenvalue weighted by atomic mass is 32.1. The number of methoxy groups -OCH3 is 1. The number of carbonyl (C=O) groups excluding carboxylic acids is 2. The van der Waals surface area contributed by atoms with Gasteiger partial charge in [-0.05, 0) is 61.2 Å². The van der Waals surface area contributed by atoms with Crippen LogP contribution in [0.5, 0.6) is 5.75 Å². The number of hydrogen-bond acceptors (Lipinski definition) is 4. The smallest absolute Gasteiger partial charge is 0.322 e. The zero-order valence-corrected chi connectivity index (χ0v) is 21.5. The number of nitrogens with zero attached hydrogens (tertiary/aromatic N) is 3. The minimum absolute atomic E-state index is 0.00765. The van der Waals surface area contributed by atoms with Gasteiger partial charge in [-0.1, -0.05) is 29.8 Å². The molecule has 36 heavy (non-hydrogen) atoms. The average molecular weight is 503 g/mol. The third kappa shape index (κ3) is 4.81. The van der Waals surface area contributed by atoms with Gasteiger partial charge in [-0.3, -0.25) is 4.79 Å². The number of aryl methyl sites for hydroxylation is 1. The third-order valence-corrected chi connectivity index (χ3v) is 7.63. The Bertz CT molecular complexity index is 1390. The summed E-state index contributed by atoms with van der Waals surface area (Å²) in [5, 5.41) is 6.09. The molecule has 186 valence electrons. The van der Waals surface area contributed by atoms with Crippen molar-refractivity contribution in [2.45, 2.75) is 26.4 Å². The van der Waals surface area contributed by atoms with Crippen molar-refractivity contribution >= 4 is 39.2 Å². The van der Waals surface area contributed by atoms with Crippen LogP contribution >= 0.6 is 11.3 Å². The number of hydrogen-bond donors (Lipinski definition) is 1. The van der Waals surface area contributed by atoms with E-state index >= 15 is 0 Å². The lowest BCUT2D eigenvalue weighted by Crippen LogP contribution is -2.56. The fraction of sp³-hybridized carbons (Fsp3) is 0.286. The van der Waals surface area contributed by atoms with Crippen LogP contribution in [0.15, 0.2) is 66.0 Å². The fourth-order valence-corrected chi connectivity index (χ4v) is 5.60. The normalized spacial score (nSPS) is 15.8. The summed E-state index contributed by atoms with van der Waals surface area (Å²) in [7, 11) is 1.66. The van der Waals surface area contributed by atoms with Crippen LogP contribution in [0.4, 0.5) is 10.5 Å². The Kier molecular flexibility index (Phi) is 6.69. The average Bonchev–Trinajstić information content (AvgIpc) is 3.47. The summed E-state index contributed by atoms with van der Waals surface area (Å²) in [5.74, 6) is 0.788. The van der Waals surface area contributed by atoms with Gasteiger partial charge in [0.1, 0.15) is 16.3 Å². The predicted octanol–water partition coefficient (Wildman–Crippen LogP) is 5.45. The Morgan fingerprint density at radius 1 is 1.08 bits per heavy atom. The van der Waals surface area contributed by atoms with Crippen molar-refractivity contribution in [3.8, 4) is 5.75 Å². The Hall–Kier alpha value is -3.78. The maximum absolute atomic E-state index is 13.7. The second-order valence-electron chi connectivity index (χ2n) is 9.24. The van der Waals surface area contributed by atoms with Gasteiger partial charge in [0.25, 0.3) is 5.91 Å². The fourth-order valence-electron chi connectivity index (χ4n) is 4.70. The molecule has 0 radical (unpaired) electrons. The zero-order valence-electron chi connectivity index (χ0n) is 20.7. The van der Waals surface area contributed by atoms with Gasteiger partial charge in [0, 0.05) is 43.3 Å². The molecule has 2 aromatic carbocycles. The number of ether oxygens (including phenoxy) is 1. The highest BCUT2D eigenvalue weighted by Crippen LogP contribution is 2.28. The Labute approximate surface area is 214 Å². The van der Waals surface area contributed by atoms with E-state index in [1.54, 1.807) is 23.3 Å². The number of aromatic nitrogens is 1. The van der Waals surface area contributed by atoms with Crippen molar-refractivity contribution < 1.29 is 14.3 Å². The first-order chi connectivity index (χ1) is 17.4. The van der Waals surface area contributed by atoms with Crippen molar-refractivity contribution in [3.63, 3.8) is 0 Å². The standard InChI is InChI=1S/C28H30N4O3S/c1-19-7-9-23(10-8-19)29-28(34)31-13-12-30(17-20(31)2)26(33)25-16-22-11-14-36-27(22)32(25)18-21-5-4-6-24(15-21)35-3/h4-11,14-16,20H,12-13,17-18H2,1-3H3,(H,29,34). The highest BCUT2D eigenvalue weighted by Gasteiger charge is 2.32. The molecule has 1 atom stereocenters. The second-order valence-corrected chi connectivity index (χ2v) is 10.1. The Morgan fingerprint density at radius 3 is 2.64 bits per heavy atom. The summed E-state index contributed by atoms with van der Waals surface area (Å²) in [5.41, 5.74) is 3.65. The molecule has 1 fully saturated rings. The number of anilines is 1. The molecule has 3 heterocycles. The lowest BCUT2D eigenvalue weighted by molar-refractivity contribution is 0.0583. The van der Waals surface area contributed by atoms with Gasteiger partial charge in [0.05, 0.1) is 7.11 Å². The molecular formula is C28H30N4O3S. The summed E-state index contributed by atoms with van der Waals surface area (Å²) in [6, 6.07) is 19.5. The first-order valence-corrected chi connectivity index (χ1v) is 12.9. The molecule has 1 N–H and O–H groups in total. The molecule has 0 bridgehead atoms. The van der Waals surface area contributed by atoms with Crippen LogP contribution in [0, 0.1) is 6.92 Å². The minimum atomic E-state index is -0.139. The summed E-state index contributed by atoms with van der Waals surface area (Å²) in [4.78, 5) is 31.4. The molecule has 2 aromatic heterocycles. The van der Waals surface area contributed by atoms with E-state index in [1.807, 2.05) is 73.3 Å². The lowest BCUT2D eigenvalue weighted by Gasteiger charge is -2.39. The molecule has 3 amide bonds. The van der Waals surface area contributed by atoms with Gasteiger partial charge >= 0.3 is 6.03 Å². The van der Waals surface area contributed by atoms with Crippen LogP contribution in [-0.2, 0) is 6.54 Å². The van der Waals surface area contributed by atoms with Gasteiger partial charge in [0.15, 0.2) is 0 Å². The SMILES string of the molecule is COc1cccc(Cn2c(C(=O)N3CCN(C(=O)Nc4ccc(C)cc4)C(C)C3)cc3ccsc32)c1. The molecule has 0 saturated carbocycles. The summed E-state index contributed by atoms with van der Waals surface area (Å²) >= 11 is 1.63. The molecule has 7 nitrogen and oxygen atoms in total. The number of amides is 3. The van der Waals surface area contributed by atoms with Crippen molar-refractivity contribution in [2.24, 2.45) is 0 Å². The lowest BCUT2D eigenvalue weighted by atomic mass is 10.1. The number of urea groups is 1. The largest absolute Gasteiger partial charge is 0.497 e. The Balaban J connectivity index is 1.32. The molecule has 1 aliphatic rings. The van der Waals surface area contributed by atoms with Crippen molar-refractivity contribution in [1.82, 2.24) is 14.4 Å². The first kappa shape index (κ1) is 23.9. The van der Waals surface area contributed by atoms with E-state index < -0.39 is 0 Å². The monoisotopic (exact) mass is 502 g/mol. The number of rotatable bonds is 5. The molecule has 8 heteroatoms. The summed E-state index contributed by atoms with van der Waals surface area (Å²) < 4.78 is 7.48. The maximum atomic E-state index is 13.7. The van der Waals surface area contributed by atoms with Crippen LogP contribution in [0.25, 0.3) is 10.2 Å². The molecular weight excluding hydrogens is 472 g/mol. The van der Waals surface area contributed by atoms with E-state index in [4.69, 9.17) is 4.74 Å². The second kappa shape index (κ2) is 10.1. The van der Waals surface area contributed by atoms with Gasteiger partial charge in [-0.15, -0.1) is 11.3 Å². The molecule has 0 spiro atoms. The summed E-state index contributed by atoms with van der Waals surface area (Å²) in [6.07, 6.45) is 0. The van der Waals surface area contributed by atoms with E-state index in [0.29, 0.717) is 31.9 Å². The number of benzene rings is 2. The quantitative estimate of drug-likeness (QED) is 0.395. The van der Waals surface area contributed by atoms with E-state index in [-0.39, 0.29) is 18.0 Å². The number of fused-ring (bicyclic) bond motifs is 1. The molecule has 4 aromatic rings. The number of thiophene rings is 1. The van der Waals surface area contributed by atoms with Crippen LogP contribution in [-0.4, -0.2) is 59.1 Å². The van der Waals surface area contributed by atoms with E-state index in [9.17, 15) is 9.59 Å². The van der Waals surface area contributed by atoms with Gasteiger partial charge in [-0.25, -0.2) is 4.79 Å². The van der Waals surface area contributed by atoms with Gasteiger partial charge in [-0.2, -0.15) is 0 Å². The van der Waals surface area contributed by atoms with E-state index in [0.717, 1.165) is 32.8 Å². The van der Waals surface area contributed by atoms with Crippen LogP contribution < -0.4 is 10.1 Å². The number of carbonyl (C=O) groups is 2. The van der Waals surface area contributed by atoms with Gasteiger partial charge in [0.2, 0.25) is 0 Å². The topological polar surface area (TPSA) is 66.8 Å². The number of piperazine rings is 1. The molecule has 1 unspecified atom stereocenters. The summed E-state index contributed by atoms with van der Waals surface area (Å²) in [6.45, 7) is 6.04. The first-order valence-electron chi connectivity index (χ1n) is 12.1. The van der Waals surface area contributed by atoms with Crippen LogP contribution in [0.2, 0.25) is 0 Å². The zero-order chi connectivity index (χ0) is 25.2. The van der Waals surface area contributed by atoms with E-state index in [2.05, 4.69) is 21.3 Å². The maximum Gasteiger partial charge on any atom is 0.322 e. The van der Waals surface area contributed by atoms with Crippen molar-refractivity contribution in [1.29, 1.82) is 0 Å². The highest BCUT2D eigenvalue weighted by molar-refractivity contribution is 7.16.